The molecule has 27 heavy (non-hydrogen) atoms. The van der Waals surface area contributed by atoms with Crippen molar-refractivity contribution >= 4 is 38.2 Å². The highest BCUT2D eigenvalue weighted by atomic mass is 79.9. The summed E-state index contributed by atoms with van der Waals surface area (Å²) in [7, 11) is -3.83. The fourth-order valence-electron chi connectivity index (χ4n) is 3.31. The van der Waals surface area contributed by atoms with Crippen molar-refractivity contribution < 1.29 is 12.6 Å². The van der Waals surface area contributed by atoms with E-state index in [4.69, 9.17) is 4.18 Å². The van der Waals surface area contributed by atoms with Crippen molar-refractivity contribution in [3.8, 4) is 0 Å². The van der Waals surface area contributed by atoms with Crippen molar-refractivity contribution in [1.29, 1.82) is 0 Å². The molecule has 1 aliphatic rings. The van der Waals surface area contributed by atoms with Gasteiger partial charge < -0.3 is 0 Å². The predicted octanol–water partition coefficient (Wildman–Crippen LogP) is 5.47. The number of fused-ring (bicyclic) bond motifs is 2. The Hall–Kier alpha value is -2.21. The van der Waals surface area contributed by atoms with Crippen LogP contribution in [0.4, 0.5) is 0 Å². The van der Waals surface area contributed by atoms with Gasteiger partial charge in [0.15, 0.2) is 0 Å². The highest BCUT2D eigenvalue weighted by molar-refractivity contribution is 9.10. The molecule has 5 heteroatoms. The Kier molecular flexibility index (Phi) is 5.00. The number of halogens is 1. The molecule has 0 heterocycles. The van der Waals surface area contributed by atoms with Crippen molar-refractivity contribution in [3.63, 3.8) is 0 Å². The number of hydrogen-bond donors (Lipinski definition) is 0. The quantitative estimate of drug-likeness (QED) is 0.505. The van der Waals surface area contributed by atoms with Gasteiger partial charge in [0.2, 0.25) is 0 Å². The molecular formula is C22H17BrO3S. The molecule has 136 valence electrons. The molecule has 0 saturated carbocycles. The Labute approximate surface area is 167 Å². The first kappa shape index (κ1) is 18.2. The summed E-state index contributed by atoms with van der Waals surface area (Å²) >= 11 is 3.32. The molecule has 0 N–H and O–H groups in total. The van der Waals surface area contributed by atoms with Gasteiger partial charge in [-0.15, -0.1) is 0 Å². The maximum absolute atomic E-state index is 12.6. The van der Waals surface area contributed by atoms with E-state index in [0.29, 0.717) is 0 Å². The third-order valence-electron chi connectivity index (χ3n) is 4.68. The first-order valence-electron chi connectivity index (χ1n) is 8.55. The zero-order valence-corrected chi connectivity index (χ0v) is 16.8. The minimum atomic E-state index is -3.83. The van der Waals surface area contributed by atoms with Crippen LogP contribution in [0.2, 0.25) is 0 Å². The van der Waals surface area contributed by atoms with E-state index in [0.717, 1.165) is 26.7 Å². The first-order chi connectivity index (χ1) is 13.0. The van der Waals surface area contributed by atoms with Gasteiger partial charge in [-0.2, -0.15) is 8.42 Å². The maximum atomic E-state index is 12.6. The van der Waals surface area contributed by atoms with E-state index in [-0.39, 0.29) is 17.4 Å². The molecule has 3 aromatic rings. The maximum Gasteiger partial charge on any atom is 0.297 e. The van der Waals surface area contributed by atoms with Gasteiger partial charge in [-0.25, -0.2) is 0 Å². The van der Waals surface area contributed by atoms with Gasteiger partial charge in [0.25, 0.3) is 10.1 Å². The highest BCUT2D eigenvalue weighted by Gasteiger charge is 2.25. The highest BCUT2D eigenvalue weighted by Crippen LogP contribution is 2.35. The van der Waals surface area contributed by atoms with Gasteiger partial charge in [0, 0.05) is 10.4 Å². The van der Waals surface area contributed by atoms with E-state index in [1.807, 2.05) is 48.5 Å². The molecule has 0 bridgehead atoms. The molecule has 0 amide bonds. The van der Waals surface area contributed by atoms with E-state index < -0.39 is 10.1 Å². The SMILES string of the molecule is O=S(=O)(OCC1c2ccccc2C=Cc2ccccc21)c1ccc(Br)cc1. The van der Waals surface area contributed by atoms with Gasteiger partial charge >= 0.3 is 0 Å². The fourth-order valence-corrected chi connectivity index (χ4v) is 4.50. The molecule has 0 fully saturated rings. The second kappa shape index (κ2) is 7.43. The van der Waals surface area contributed by atoms with Crippen LogP contribution in [-0.4, -0.2) is 15.0 Å². The standard InChI is InChI=1S/C22H17BrO3S/c23-18-11-13-19(14-12-18)27(24,25)26-15-22-20-7-3-1-5-16(20)9-10-17-6-2-4-8-21(17)22/h1-14,22H,15H2. The van der Waals surface area contributed by atoms with Crippen LogP contribution in [0, 0.1) is 0 Å². The van der Waals surface area contributed by atoms with Gasteiger partial charge in [0.1, 0.15) is 0 Å². The third-order valence-corrected chi connectivity index (χ3v) is 6.50. The van der Waals surface area contributed by atoms with Crippen molar-refractivity contribution in [2.24, 2.45) is 0 Å². The minimum Gasteiger partial charge on any atom is -0.265 e. The van der Waals surface area contributed by atoms with Crippen LogP contribution in [0.25, 0.3) is 12.2 Å². The molecule has 0 aromatic heterocycles. The monoisotopic (exact) mass is 440 g/mol. The number of benzene rings is 3. The molecule has 0 aliphatic heterocycles. The second-order valence-corrected chi connectivity index (χ2v) is 8.87. The van der Waals surface area contributed by atoms with Crippen LogP contribution in [0.5, 0.6) is 0 Å². The Morgan fingerprint density at radius 1 is 0.778 bits per heavy atom. The van der Waals surface area contributed by atoms with Crippen LogP contribution in [0.1, 0.15) is 28.2 Å². The summed E-state index contributed by atoms with van der Waals surface area (Å²) in [6.07, 6.45) is 4.13. The average Bonchev–Trinajstić information content (AvgIpc) is 2.84. The lowest BCUT2D eigenvalue weighted by Gasteiger charge is -2.20. The van der Waals surface area contributed by atoms with Crippen LogP contribution in [0.15, 0.2) is 82.2 Å². The van der Waals surface area contributed by atoms with Crippen molar-refractivity contribution in [1.82, 2.24) is 0 Å². The third kappa shape index (κ3) is 3.76. The molecule has 3 aromatic carbocycles. The molecule has 0 unspecified atom stereocenters. The number of rotatable bonds is 4. The van der Waals surface area contributed by atoms with Crippen molar-refractivity contribution in [2.75, 3.05) is 6.61 Å². The van der Waals surface area contributed by atoms with Crippen molar-refractivity contribution in [2.45, 2.75) is 10.8 Å². The van der Waals surface area contributed by atoms with Gasteiger partial charge in [0.05, 0.1) is 11.5 Å². The molecule has 0 atom stereocenters. The predicted molar refractivity (Wildman–Crippen MR) is 111 cm³/mol. The summed E-state index contributed by atoms with van der Waals surface area (Å²) in [5.41, 5.74) is 4.26. The lowest BCUT2D eigenvalue weighted by atomic mass is 9.88. The Balaban J connectivity index is 1.69. The zero-order chi connectivity index (χ0) is 18.9. The normalized spacial score (nSPS) is 13.7. The molecule has 0 radical (unpaired) electrons. The van der Waals surface area contributed by atoms with Gasteiger partial charge in [-0.1, -0.05) is 76.6 Å². The van der Waals surface area contributed by atoms with E-state index in [1.54, 1.807) is 12.1 Å². The molecule has 0 saturated heterocycles. The van der Waals surface area contributed by atoms with Crippen LogP contribution in [-0.2, 0) is 14.3 Å². The van der Waals surface area contributed by atoms with Crippen molar-refractivity contribution in [3.05, 3.63) is 99.5 Å². The molecular weight excluding hydrogens is 424 g/mol. The zero-order valence-electron chi connectivity index (χ0n) is 14.4. The van der Waals surface area contributed by atoms with E-state index in [2.05, 4.69) is 28.1 Å². The smallest absolute Gasteiger partial charge is 0.265 e. The minimum absolute atomic E-state index is 0.0497. The fraction of sp³-hybridized carbons (Fsp3) is 0.0909. The Bertz CT molecular complexity index is 1050. The van der Waals surface area contributed by atoms with Crippen LogP contribution >= 0.6 is 15.9 Å². The first-order valence-corrected chi connectivity index (χ1v) is 10.8. The Morgan fingerprint density at radius 3 is 1.85 bits per heavy atom. The molecule has 1 aliphatic carbocycles. The molecule has 0 spiro atoms. The van der Waals surface area contributed by atoms with E-state index >= 15 is 0 Å². The van der Waals surface area contributed by atoms with Crippen LogP contribution < -0.4 is 0 Å². The summed E-state index contributed by atoms with van der Waals surface area (Å²) in [6, 6.07) is 22.5. The van der Waals surface area contributed by atoms with Crippen LogP contribution in [0.3, 0.4) is 0 Å². The summed E-state index contributed by atoms with van der Waals surface area (Å²) in [4.78, 5) is 0.152. The molecule has 4 rings (SSSR count). The summed E-state index contributed by atoms with van der Waals surface area (Å²) < 4.78 is 31.6. The average molecular weight is 441 g/mol. The lowest BCUT2D eigenvalue weighted by molar-refractivity contribution is 0.305. The summed E-state index contributed by atoms with van der Waals surface area (Å²) in [6.45, 7) is 0.0497. The molecule has 3 nitrogen and oxygen atoms in total. The largest absolute Gasteiger partial charge is 0.297 e. The summed E-state index contributed by atoms with van der Waals surface area (Å²) in [5, 5.41) is 0. The topological polar surface area (TPSA) is 43.4 Å². The van der Waals surface area contributed by atoms with Gasteiger partial charge in [-0.3, -0.25) is 4.18 Å². The van der Waals surface area contributed by atoms with Gasteiger partial charge in [-0.05, 0) is 46.5 Å². The lowest BCUT2D eigenvalue weighted by Crippen LogP contribution is -2.16. The summed E-state index contributed by atoms with van der Waals surface area (Å²) in [5.74, 6) is -0.169. The van der Waals surface area contributed by atoms with E-state index in [1.165, 1.54) is 12.1 Å². The van der Waals surface area contributed by atoms with E-state index in [9.17, 15) is 8.42 Å². The Morgan fingerprint density at radius 2 is 1.30 bits per heavy atom. The second-order valence-electron chi connectivity index (χ2n) is 6.34. The number of hydrogen-bond acceptors (Lipinski definition) is 3.